The number of amides is 1. The summed E-state index contributed by atoms with van der Waals surface area (Å²) in [5, 5.41) is 3.54. The fraction of sp³-hybridized carbons (Fsp3) is 0.529. The highest BCUT2D eigenvalue weighted by Gasteiger charge is 2.23. The summed E-state index contributed by atoms with van der Waals surface area (Å²) < 4.78 is 18.7. The summed E-state index contributed by atoms with van der Waals surface area (Å²) in [7, 11) is 0. The Morgan fingerprint density at radius 2 is 2.15 bits per heavy atom. The molecule has 1 aromatic rings. The molecule has 0 bridgehead atoms. The molecule has 2 rings (SSSR count). The minimum absolute atomic E-state index is 0. The smallest absolute Gasteiger partial charge is 0.409 e. The van der Waals surface area contributed by atoms with E-state index in [1.54, 1.807) is 24.0 Å². The molecular formula is C17H25ClFIN4O2. The van der Waals surface area contributed by atoms with Crippen LogP contribution < -0.4 is 11.1 Å². The summed E-state index contributed by atoms with van der Waals surface area (Å²) in [6.07, 6.45) is 1.65. The van der Waals surface area contributed by atoms with Crippen LogP contribution in [0.2, 0.25) is 5.02 Å². The van der Waals surface area contributed by atoms with Gasteiger partial charge in [0.1, 0.15) is 5.82 Å². The first-order chi connectivity index (χ1) is 12.0. The largest absolute Gasteiger partial charge is 0.450 e. The highest BCUT2D eigenvalue weighted by Crippen LogP contribution is 2.19. The van der Waals surface area contributed by atoms with Crippen LogP contribution in [0.5, 0.6) is 0 Å². The molecule has 0 aliphatic carbocycles. The molecule has 0 saturated carbocycles. The monoisotopic (exact) mass is 498 g/mol. The third-order valence-corrected chi connectivity index (χ3v) is 4.43. The van der Waals surface area contributed by atoms with E-state index in [4.69, 9.17) is 22.1 Å². The second-order valence-electron chi connectivity index (χ2n) is 5.82. The third kappa shape index (κ3) is 6.79. The fourth-order valence-electron chi connectivity index (χ4n) is 2.74. The van der Waals surface area contributed by atoms with E-state index >= 15 is 0 Å². The molecule has 1 aromatic carbocycles. The molecule has 1 saturated heterocycles. The Morgan fingerprint density at radius 3 is 2.77 bits per heavy atom. The minimum Gasteiger partial charge on any atom is -0.450 e. The maximum atomic E-state index is 13.7. The number of rotatable bonds is 5. The zero-order chi connectivity index (χ0) is 18.2. The van der Waals surface area contributed by atoms with Gasteiger partial charge < -0.3 is 20.7 Å². The topological polar surface area (TPSA) is 80.0 Å². The molecule has 6 nitrogen and oxygen atoms in total. The molecule has 9 heteroatoms. The lowest BCUT2D eigenvalue weighted by Gasteiger charge is -2.31. The van der Waals surface area contributed by atoms with Crippen LogP contribution in [-0.2, 0) is 11.2 Å². The van der Waals surface area contributed by atoms with E-state index < -0.39 is 0 Å². The maximum Gasteiger partial charge on any atom is 0.409 e. The van der Waals surface area contributed by atoms with Gasteiger partial charge in [0.25, 0.3) is 0 Å². The maximum absolute atomic E-state index is 13.7. The predicted octanol–water partition coefficient (Wildman–Crippen LogP) is 3.16. The van der Waals surface area contributed by atoms with Crippen molar-refractivity contribution in [2.24, 2.45) is 10.7 Å². The number of likely N-dealkylation sites (tertiary alicyclic amines) is 1. The van der Waals surface area contributed by atoms with Crippen molar-refractivity contribution >= 4 is 47.6 Å². The zero-order valence-corrected chi connectivity index (χ0v) is 17.8. The van der Waals surface area contributed by atoms with Crippen LogP contribution in [0.3, 0.4) is 0 Å². The highest BCUT2D eigenvalue weighted by molar-refractivity contribution is 14.0. The number of nitrogens with two attached hydrogens (primary N) is 1. The molecule has 26 heavy (non-hydrogen) atoms. The summed E-state index contributed by atoms with van der Waals surface area (Å²) in [5.41, 5.74) is 6.34. The standard InChI is InChI=1S/C17H24ClFN4O2.HI/c1-2-25-17(24)23-10-7-12(8-11-23)22-16(20)21-9-6-13-14(18)4-3-5-15(13)19;/h3-5,12H,2,6-11H2,1H3,(H3,20,21,22);1H. The van der Waals surface area contributed by atoms with E-state index in [0.717, 1.165) is 12.8 Å². The number of ether oxygens (including phenoxy) is 1. The van der Waals surface area contributed by atoms with Gasteiger partial charge in [0.2, 0.25) is 0 Å². The normalized spacial score (nSPS) is 15.3. The number of nitrogens with one attached hydrogen (secondary N) is 1. The second kappa shape index (κ2) is 11.4. The first-order valence-corrected chi connectivity index (χ1v) is 8.80. The van der Waals surface area contributed by atoms with Gasteiger partial charge in [-0.05, 0) is 38.3 Å². The molecule has 1 aliphatic rings. The molecule has 1 aliphatic heterocycles. The van der Waals surface area contributed by atoms with Crippen molar-refractivity contribution in [3.8, 4) is 0 Å². The number of aliphatic imine (C=N–C) groups is 1. The molecule has 0 atom stereocenters. The van der Waals surface area contributed by atoms with Crippen LogP contribution in [0, 0.1) is 5.82 Å². The van der Waals surface area contributed by atoms with Crippen molar-refractivity contribution < 1.29 is 13.9 Å². The molecule has 1 fully saturated rings. The number of carbonyl (C=O) groups is 1. The number of hydrogen-bond donors (Lipinski definition) is 2. The minimum atomic E-state index is -0.333. The quantitative estimate of drug-likeness (QED) is 0.371. The average Bonchev–Trinajstić information content (AvgIpc) is 2.58. The van der Waals surface area contributed by atoms with Gasteiger partial charge in [-0.1, -0.05) is 17.7 Å². The summed E-state index contributed by atoms with van der Waals surface area (Å²) >= 11 is 5.98. The van der Waals surface area contributed by atoms with E-state index in [2.05, 4.69) is 10.3 Å². The third-order valence-electron chi connectivity index (χ3n) is 4.08. The van der Waals surface area contributed by atoms with Crippen LogP contribution >= 0.6 is 35.6 Å². The summed E-state index contributed by atoms with van der Waals surface area (Å²) in [5.74, 6) is -0.0115. The van der Waals surface area contributed by atoms with Crippen molar-refractivity contribution in [2.75, 3.05) is 26.2 Å². The van der Waals surface area contributed by atoms with Crippen molar-refractivity contribution in [3.63, 3.8) is 0 Å². The first-order valence-electron chi connectivity index (χ1n) is 8.42. The lowest BCUT2D eigenvalue weighted by atomic mass is 10.1. The lowest BCUT2D eigenvalue weighted by molar-refractivity contribution is 0.0963. The van der Waals surface area contributed by atoms with E-state index in [1.165, 1.54) is 6.07 Å². The lowest BCUT2D eigenvalue weighted by Crippen LogP contribution is -2.48. The summed E-state index contributed by atoms with van der Waals surface area (Å²) in [4.78, 5) is 17.6. The van der Waals surface area contributed by atoms with Crippen LogP contribution in [0.25, 0.3) is 0 Å². The van der Waals surface area contributed by atoms with Crippen LogP contribution in [0.4, 0.5) is 9.18 Å². The number of piperidine rings is 1. The van der Waals surface area contributed by atoms with Gasteiger partial charge in [0, 0.05) is 36.3 Å². The van der Waals surface area contributed by atoms with Crippen molar-refractivity contribution in [2.45, 2.75) is 32.2 Å². The van der Waals surface area contributed by atoms with E-state index in [0.29, 0.717) is 49.2 Å². The molecular weight excluding hydrogens is 474 g/mol. The van der Waals surface area contributed by atoms with Gasteiger partial charge in [0.05, 0.1) is 6.61 Å². The number of nitrogens with zero attached hydrogens (tertiary/aromatic N) is 2. The highest BCUT2D eigenvalue weighted by atomic mass is 127. The van der Waals surface area contributed by atoms with Gasteiger partial charge in [-0.15, -0.1) is 24.0 Å². The zero-order valence-electron chi connectivity index (χ0n) is 14.7. The van der Waals surface area contributed by atoms with Gasteiger partial charge in [-0.25, -0.2) is 9.18 Å². The molecule has 0 unspecified atom stereocenters. The summed E-state index contributed by atoms with van der Waals surface area (Å²) in [6, 6.07) is 4.77. The molecule has 146 valence electrons. The number of halogens is 3. The molecule has 1 heterocycles. The Bertz CT molecular complexity index is 605. The van der Waals surface area contributed by atoms with Gasteiger partial charge in [-0.3, -0.25) is 4.99 Å². The van der Waals surface area contributed by atoms with Crippen LogP contribution in [-0.4, -0.2) is 49.2 Å². The number of benzene rings is 1. The molecule has 0 spiro atoms. The molecule has 1 amide bonds. The Labute approximate surface area is 175 Å². The summed E-state index contributed by atoms with van der Waals surface area (Å²) in [6.45, 7) is 3.75. The van der Waals surface area contributed by atoms with Crippen LogP contribution in [0.15, 0.2) is 23.2 Å². The van der Waals surface area contributed by atoms with Gasteiger partial charge >= 0.3 is 6.09 Å². The van der Waals surface area contributed by atoms with Gasteiger partial charge in [0.15, 0.2) is 5.96 Å². The van der Waals surface area contributed by atoms with Crippen molar-refractivity contribution in [1.29, 1.82) is 0 Å². The van der Waals surface area contributed by atoms with Crippen molar-refractivity contribution in [3.05, 3.63) is 34.6 Å². The van der Waals surface area contributed by atoms with E-state index in [1.807, 2.05) is 0 Å². The predicted molar refractivity (Wildman–Crippen MR) is 112 cm³/mol. The van der Waals surface area contributed by atoms with Gasteiger partial charge in [-0.2, -0.15) is 0 Å². The first kappa shape index (κ1) is 22.8. The molecule has 0 aromatic heterocycles. The number of carbonyl (C=O) groups excluding carboxylic acids is 1. The molecule has 3 N–H and O–H groups in total. The SMILES string of the molecule is CCOC(=O)N1CCC(NC(N)=NCCc2c(F)cccc2Cl)CC1.I. The van der Waals surface area contributed by atoms with E-state index in [9.17, 15) is 9.18 Å². The Morgan fingerprint density at radius 1 is 1.46 bits per heavy atom. The molecule has 0 radical (unpaired) electrons. The average molecular weight is 499 g/mol. The van der Waals surface area contributed by atoms with E-state index in [-0.39, 0.29) is 41.9 Å². The fourth-order valence-corrected chi connectivity index (χ4v) is 2.99. The Balaban J connectivity index is 0.00000338. The van der Waals surface area contributed by atoms with Crippen LogP contribution in [0.1, 0.15) is 25.3 Å². The number of guanidine groups is 1. The Hall–Kier alpha value is -1.29. The van der Waals surface area contributed by atoms with Crippen molar-refractivity contribution in [1.82, 2.24) is 10.2 Å². The second-order valence-corrected chi connectivity index (χ2v) is 6.23. The Kier molecular flexibility index (Phi) is 10.0. The number of hydrogen-bond acceptors (Lipinski definition) is 3.